The highest BCUT2D eigenvalue weighted by atomic mass is 79.9. The molecule has 1 unspecified atom stereocenters. The molecule has 0 saturated carbocycles. The van der Waals surface area contributed by atoms with Gasteiger partial charge in [0, 0.05) is 6.54 Å². The van der Waals surface area contributed by atoms with E-state index in [1.807, 2.05) is 0 Å². The Hall–Kier alpha value is -1.28. The molecule has 0 saturated heterocycles. The molecule has 2 aromatic carbocycles. The van der Waals surface area contributed by atoms with E-state index in [2.05, 4.69) is 20.7 Å². The van der Waals surface area contributed by atoms with E-state index in [0.29, 0.717) is 5.56 Å². The average Bonchev–Trinajstić information content (AvgIpc) is 2.48. The summed E-state index contributed by atoms with van der Waals surface area (Å²) in [5.74, 6) is -0.665. The van der Waals surface area contributed by atoms with Crippen LogP contribution >= 0.6 is 15.9 Å². The molecule has 0 radical (unpaired) electrons. The van der Waals surface area contributed by atoms with Crippen LogP contribution in [0.3, 0.4) is 0 Å². The molecule has 4 nitrogen and oxygen atoms in total. The number of hydrogen-bond donors (Lipinski definition) is 2. The lowest BCUT2D eigenvalue weighted by molar-refractivity contribution is 0.182. The summed E-state index contributed by atoms with van der Waals surface area (Å²) in [5.41, 5.74) is 0.599. The van der Waals surface area contributed by atoms with Crippen LogP contribution in [0, 0.1) is 5.82 Å². The average molecular weight is 374 g/mol. The Morgan fingerprint density at radius 2 is 1.86 bits per heavy atom. The highest BCUT2D eigenvalue weighted by Crippen LogP contribution is 2.19. The zero-order valence-electron chi connectivity index (χ0n) is 10.8. The van der Waals surface area contributed by atoms with E-state index < -0.39 is 21.9 Å². The Balaban J connectivity index is 2.09. The highest BCUT2D eigenvalue weighted by Gasteiger charge is 2.18. The summed E-state index contributed by atoms with van der Waals surface area (Å²) in [6.07, 6.45) is -0.971. The van der Waals surface area contributed by atoms with Crippen molar-refractivity contribution in [3.8, 4) is 0 Å². The van der Waals surface area contributed by atoms with Crippen molar-refractivity contribution >= 4 is 26.0 Å². The van der Waals surface area contributed by atoms with Gasteiger partial charge < -0.3 is 5.11 Å². The maximum absolute atomic E-state index is 13.4. The number of aliphatic hydroxyl groups excluding tert-OH is 1. The van der Waals surface area contributed by atoms with Gasteiger partial charge in [0.15, 0.2) is 0 Å². The monoisotopic (exact) mass is 373 g/mol. The predicted octanol–water partition coefficient (Wildman–Crippen LogP) is 2.60. The van der Waals surface area contributed by atoms with Crippen LogP contribution in [-0.4, -0.2) is 20.1 Å². The van der Waals surface area contributed by atoms with E-state index in [4.69, 9.17) is 0 Å². The summed E-state index contributed by atoms with van der Waals surface area (Å²) in [4.78, 5) is -0.191. The van der Waals surface area contributed by atoms with Gasteiger partial charge in [0.1, 0.15) is 5.82 Å². The first-order valence-corrected chi connectivity index (χ1v) is 8.35. The summed E-state index contributed by atoms with van der Waals surface area (Å²) >= 11 is 2.96. The fourth-order valence-corrected chi connectivity index (χ4v) is 3.01. The number of nitrogens with one attached hydrogen (secondary N) is 1. The maximum Gasteiger partial charge on any atom is 0.240 e. The zero-order chi connectivity index (χ0) is 15.5. The second-order valence-corrected chi connectivity index (χ2v) is 6.98. The molecule has 0 fully saturated rings. The van der Waals surface area contributed by atoms with E-state index in [1.165, 1.54) is 12.1 Å². The van der Waals surface area contributed by atoms with E-state index in [1.54, 1.807) is 30.3 Å². The molecular formula is C14H13BrFNO3S. The first-order chi connectivity index (χ1) is 9.90. The lowest BCUT2D eigenvalue weighted by Crippen LogP contribution is -2.28. The van der Waals surface area contributed by atoms with E-state index in [0.717, 1.165) is 6.07 Å². The topological polar surface area (TPSA) is 66.4 Å². The maximum atomic E-state index is 13.4. The molecule has 2 rings (SSSR count). The minimum absolute atomic E-state index is 0.186. The fraction of sp³-hybridized carbons (Fsp3) is 0.143. The molecule has 0 aliphatic heterocycles. The molecule has 0 bridgehead atoms. The van der Waals surface area contributed by atoms with Crippen LogP contribution < -0.4 is 4.72 Å². The standard InChI is InChI=1S/C14H13BrFNO3S/c15-12-7-6-11(8-13(12)16)21(19,20)17-9-14(18)10-4-2-1-3-5-10/h1-8,14,17-18H,9H2. The van der Waals surface area contributed by atoms with Gasteiger partial charge in [-0.15, -0.1) is 0 Å². The van der Waals surface area contributed by atoms with Crippen LogP contribution in [0.15, 0.2) is 57.9 Å². The summed E-state index contributed by atoms with van der Waals surface area (Å²) in [6, 6.07) is 12.2. The molecule has 0 aliphatic carbocycles. The molecule has 1 atom stereocenters. The van der Waals surface area contributed by atoms with Crippen molar-refractivity contribution in [2.75, 3.05) is 6.54 Å². The first-order valence-electron chi connectivity index (χ1n) is 6.08. The molecule has 0 aromatic heterocycles. The molecule has 112 valence electrons. The third kappa shape index (κ3) is 4.10. The van der Waals surface area contributed by atoms with Gasteiger partial charge >= 0.3 is 0 Å². The largest absolute Gasteiger partial charge is 0.387 e. The summed E-state index contributed by atoms with van der Waals surface area (Å²) in [7, 11) is -3.87. The van der Waals surface area contributed by atoms with Crippen LogP contribution in [0.25, 0.3) is 0 Å². The molecule has 21 heavy (non-hydrogen) atoms. The number of aliphatic hydroxyl groups is 1. The van der Waals surface area contributed by atoms with Crippen LogP contribution in [-0.2, 0) is 10.0 Å². The minimum Gasteiger partial charge on any atom is -0.387 e. The molecule has 0 aliphatic rings. The SMILES string of the molecule is O=S(=O)(NCC(O)c1ccccc1)c1ccc(Br)c(F)c1. The van der Waals surface area contributed by atoms with Gasteiger partial charge in [0.2, 0.25) is 10.0 Å². The lowest BCUT2D eigenvalue weighted by atomic mass is 10.1. The van der Waals surface area contributed by atoms with E-state index >= 15 is 0 Å². The van der Waals surface area contributed by atoms with Crippen molar-refractivity contribution in [3.63, 3.8) is 0 Å². The Morgan fingerprint density at radius 3 is 2.48 bits per heavy atom. The predicted molar refractivity (Wildman–Crippen MR) is 80.7 cm³/mol. The fourth-order valence-electron chi connectivity index (χ4n) is 1.71. The quantitative estimate of drug-likeness (QED) is 0.846. The molecule has 0 spiro atoms. The molecular weight excluding hydrogens is 361 g/mol. The smallest absolute Gasteiger partial charge is 0.240 e. The Labute approximate surface area is 130 Å². The van der Waals surface area contributed by atoms with Gasteiger partial charge in [-0.05, 0) is 39.7 Å². The molecule has 7 heteroatoms. The van der Waals surface area contributed by atoms with Gasteiger partial charge in [0.25, 0.3) is 0 Å². The molecule has 2 aromatic rings. The van der Waals surface area contributed by atoms with Crippen LogP contribution in [0.4, 0.5) is 4.39 Å². The summed E-state index contributed by atoms with van der Waals surface area (Å²) in [6.45, 7) is -0.190. The molecule has 0 heterocycles. The van der Waals surface area contributed by atoms with Crippen molar-refractivity contribution in [3.05, 3.63) is 64.4 Å². The second-order valence-electron chi connectivity index (χ2n) is 4.35. The third-order valence-electron chi connectivity index (χ3n) is 2.85. The van der Waals surface area contributed by atoms with Crippen molar-refractivity contribution < 1.29 is 17.9 Å². The summed E-state index contributed by atoms with van der Waals surface area (Å²) in [5, 5.41) is 9.92. The molecule has 0 amide bonds. The van der Waals surface area contributed by atoms with Gasteiger partial charge in [-0.1, -0.05) is 30.3 Å². The van der Waals surface area contributed by atoms with Crippen molar-refractivity contribution in [1.29, 1.82) is 0 Å². The van der Waals surface area contributed by atoms with Gasteiger partial charge in [0.05, 0.1) is 15.5 Å². The third-order valence-corrected chi connectivity index (χ3v) is 4.92. The van der Waals surface area contributed by atoms with Gasteiger partial charge in [-0.2, -0.15) is 0 Å². The first kappa shape index (κ1) is 16.1. The van der Waals surface area contributed by atoms with E-state index in [-0.39, 0.29) is 15.9 Å². The molecule has 2 N–H and O–H groups in total. The van der Waals surface area contributed by atoms with Crippen molar-refractivity contribution in [1.82, 2.24) is 4.72 Å². The Morgan fingerprint density at radius 1 is 1.19 bits per heavy atom. The second kappa shape index (κ2) is 6.65. The van der Waals surface area contributed by atoms with Gasteiger partial charge in [-0.3, -0.25) is 0 Å². The van der Waals surface area contributed by atoms with E-state index in [9.17, 15) is 17.9 Å². The number of benzene rings is 2. The summed E-state index contributed by atoms with van der Waals surface area (Å²) < 4.78 is 39.9. The minimum atomic E-state index is -3.87. The van der Waals surface area contributed by atoms with Crippen molar-refractivity contribution in [2.45, 2.75) is 11.0 Å². The van der Waals surface area contributed by atoms with Crippen LogP contribution in [0.1, 0.15) is 11.7 Å². The van der Waals surface area contributed by atoms with Gasteiger partial charge in [-0.25, -0.2) is 17.5 Å². The lowest BCUT2D eigenvalue weighted by Gasteiger charge is -2.12. The Kier molecular flexibility index (Phi) is 5.10. The van der Waals surface area contributed by atoms with Crippen LogP contribution in [0.2, 0.25) is 0 Å². The zero-order valence-corrected chi connectivity index (χ0v) is 13.2. The number of hydrogen-bond acceptors (Lipinski definition) is 3. The number of rotatable bonds is 5. The highest BCUT2D eigenvalue weighted by molar-refractivity contribution is 9.10. The van der Waals surface area contributed by atoms with Crippen LogP contribution in [0.5, 0.6) is 0 Å². The Bertz CT molecular complexity index is 722. The van der Waals surface area contributed by atoms with Crippen molar-refractivity contribution in [2.24, 2.45) is 0 Å². The normalized spacial score (nSPS) is 13.1. The number of halogens is 2. The number of sulfonamides is 1.